The van der Waals surface area contributed by atoms with Crippen molar-refractivity contribution in [1.29, 1.82) is 0 Å². The van der Waals surface area contributed by atoms with E-state index in [-0.39, 0.29) is 28.0 Å². The van der Waals surface area contributed by atoms with Crippen LogP contribution < -0.4 is 0 Å². The first-order chi connectivity index (χ1) is 14.9. The van der Waals surface area contributed by atoms with Gasteiger partial charge in [-0.1, -0.05) is 48.4 Å². The molecule has 0 N–H and O–H groups in total. The quantitative estimate of drug-likeness (QED) is 0.502. The van der Waals surface area contributed by atoms with Crippen LogP contribution in [0.5, 0.6) is 0 Å². The number of carbonyl (C=O) groups is 1. The number of carbonyl (C=O) groups excluding carboxylic acids is 1. The summed E-state index contributed by atoms with van der Waals surface area (Å²) < 4.78 is 38.1. The van der Waals surface area contributed by atoms with Gasteiger partial charge in [0.2, 0.25) is 15.9 Å². The average molecular weight is 461 g/mol. The monoisotopic (exact) mass is 460 g/mol. The fourth-order valence-corrected chi connectivity index (χ4v) is 5.13. The van der Waals surface area contributed by atoms with E-state index in [2.05, 4.69) is 4.98 Å². The fourth-order valence-electron chi connectivity index (χ4n) is 3.39. The molecule has 4 rings (SSSR count). The second-order valence-electron chi connectivity index (χ2n) is 7.17. The number of ether oxygens (including phenoxy) is 1. The SMILES string of the molecule is O=C(OCc1ncc(-c2ccccc2)o1)c1cc(S(=O)(=O)N2CCCCC2)ccc1Cl. The van der Waals surface area contributed by atoms with Crippen molar-refractivity contribution < 1.29 is 22.4 Å². The number of esters is 1. The van der Waals surface area contributed by atoms with Crippen molar-refractivity contribution in [2.75, 3.05) is 13.1 Å². The maximum absolute atomic E-state index is 12.9. The Kier molecular flexibility index (Phi) is 6.41. The lowest BCUT2D eigenvalue weighted by Crippen LogP contribution is -2.35. The molecule has 0 amide bonds. The highest BCUT2D eigenvalue weighted by Crippen LogP contribution is 2.26. The van der Waals surface area contributed by atoms with Crippen LogP contribution in [-0.2, 0) is 21.4 Å². The Morgan fingerprint density at radius 3 is 2.58 bits per heavy atom. The smallest absolute Gasteiger partial charge is 0.340 e. The van der Waals surface area contributed by atoms with Crippen molar-refractivity contribution in [2.24, 2.45) is 0 Å². The lowest BCUT2D eigenvalue weighted by molar-refractivity contribution is 0.0439. The Morgan fingerprint density at radius 1 is 1.10 bits per heavy atom. The predicted molar refractivity (Wildman–Crippen MR) is 115 cm³/mol. The number of hydrogen-bond acceptors (Lipinski definition) is 6. The summed E-state index contributed by atoms with van der Waals surface area (Å²) in [5, 5.41) is 0.111. The number of piperidine rings is 1. The van der Waals surface area contributed by atoms with Crippen LogP contribution >= 0.6 is 11.6 Å². The van der Waals surface area contributed by atoms with Crippen molar-refractivity contribution in [1.82, 2.24) is 9.29 Å². The molecule has 0 bridgehead atoms. The zero-order valence-electron chi connectivity index (χ0n) is 16.7. The standard InChI is InChI=1S/C22H21ClN2O5S/c23-19-10-9-17(31(27,28)25-11-5-2-6-12-25)13-18(19)22(26)29-15-21-24-14-20(30-21)16-7-3-1-4-8-16/h1,3-4,7-10,13-14H,2,5-6,11-12,15H2. The van der Waals surface area contributed by atoms with Crippen LogP contribution in [0.3, 0.4) is 0 Å². The maximum Gasteiger partial charge on any atom is 0.340 e. The van der Waals surface area contributed by atoms with Gasteiger partial charge in [-0.25, -0.2) is 18.2 Å². The van der Waals surface area contributed by atoms with E-state index in [1.807, 2.05) is 30.3 Å². The molecule has 162 valence electrons. The van der Waals surface area contributed by atoms with Crippen LogP contribution in [0, 0.1) is 0 Å². The number of nitrogens with zero attached hydrogens (tertiary/aromatic N) is 2. The van der Waals surface area contributed by atoms with Crippen molar-refractivity contribution >= 4 is 27.6 Å². The third-order valence-corrected chi connectivity index (χ3v) is 7.27. The van der Waals surface area contributed by atoms with Crippen LogP contribution in [0.2, 0.25) is 5.02 Å². The lowest BCUT2D eigenvalue weighted by Gasteiger charge is -2.26. The van der Waals surface area contributed by atoms with E-state index in [1.165, 1.54) is 22.5 Å². The third-order valence-electron chi connectivity index (χ3n) is 5.05. The van der Waals surface area contributed by atoms with Crippen LogP contribution in [0.4, 0.5) is 0 Å². The number of oxazole rings is 1. The van der Waals surface area contributed by atoms with E-state index < -0.39 is 16.0 Å². The number of hydrogen-bond donors (Lipinski definition) is 0. The van der Waals surface area contributed by atoms with Crippen LogP contribution in [-0.4, -0.2) is 36.8 Å². The summed E-state index contributed by atoms with van der Waals surface area (Å²) in [6, 6.07) is 13.5. The molecular weight excluding hydrogens is 440 g/mol. The molecule has 1 saturated heterocycles. The van der Waals surface area contributed by atoms with Crippen molar-refractivity contribution in [3.8, 4) is 11.3 Å². The van der Waals surface area contributed by atoms with Gasteiger partial charge in [-0.3, -0.25) is 0 Å². The number of aromatic nitrogens is 1. The summed E-state index contributed by atoms with van der Waals surface area (Å²) in [6.07, 6.45) is 4.21. The summed E-state index contributed by atoms with van der Waals surface area (Å²) in [5.74, 6) is 0.0277. The highest BCUT2D eigenvalue weighted by Gasteiger charge is 2.27. The molecule has 1 aliphatic rings. The lowest BCUT2D eigenvalue weighted by atomic mass is 10.2. The minimum absolute atomic E-state index is 0.0189. The van der Waals surface area contributed by atoms with Crippen LogP contribution in [0.25, 0.3) is 11.3 Å². The van der Waals surface area contributed by atoms with E-state index >= 15 is 0 Å². The molecule has 1 fully saturated rings. The summed E-state index contributed by atoms with van der Waals surface area (Å²) >= 11 is 6.14. The highest BCUT2D eigenvalue weighted by atomic mass is 35.5. The molecule has 0 atom stereocenters. The minimum Gasteiger partial charge on any atom is -0.452 e. The Bertz CT molecular complexity index is 1170. The van der Waals surface area contributed by atoms with Crippen molar-refractivity contribution in [2.45, 2.75) is 30.8 Å². The Labute approximate surface area is 185 Å². The molecule has 31 heavy (non-hydrogen) atoms. The van der Waals surface area contributed by atoms with Gasteiger partial charge in [0.25, 0.3) is 0 Å². The Balaban J connectivity index is 1.47. The van der Waals surface area contributed by atoms with Gasteiger partial charge < -0.3 is 9.15 Å². The molecule has 2 aromatic carbocycles. The molecule has 0 radical (unpaired) electrons. The first kappa shape index (κ1) is 21.5. The summed E-state index contributed by atoms with van der Waals surface area (Å²) in [7, 11) is -3.69. The number of rotatable bonds is 6. The van der Waals surface area contributed by atoms with Gasteiger partial charge in [0.1, 0.15) is 0 Å². The molecule has 1 aromatic heterocycles. The number of benzene rings is 2. The molecule has 0 saturated carbocycles. The van der Waals surface area contributed by atoms with E-state index in [1.54, 1.807) is 6.20 Å². The second kappa shape index (κ2) is 9.21. The van der Waals surface area contributed by atoms with Gasteiger partial charge in [-0.05, 0) is 31.0 Å². The molecule has 0 aliphatic carbocycles. The summed E-state index contributed by atoms with van der Waals surface area (Å²) in [6.45, 7) is 0.738. The van der Waals surface area contributed by atoms with Gasteiger partial charge in [0, 0.05) is 18.7 Å². The van der Waals surface area contributed by atoms with Crippen molar-refractivity contribution in [3.63, 3.8) is 0 Å². The van der Waals surface area contributed by atoms with Gasteiger partial charge in [-0.15, -0.1) is 0 Å². The Morgan fingerprint density at radius 2 is 1.84 bits per heavy atom. The van der Waals surface area contributed by atoms with E-state index in [9.17, 15) is 13.2 Å². The third kappa shape index (κ3) is 4.81. The van der Waals surface area contributed by atoms with E-state index in [0.717, 1.165) is 24.8 Å². The average Bonchev–Trinajstić information content (AvgIpc) is 3.28. The largest absolute Gasteiger partial charge is 0.452 e. The first-order valence-corrected chi connectivity index (χ1v) is 11.7. The molecule has 1 aliphatic heterocycles. The molecule has 0 unspecified atom stereocenters. The van der Waals surface area contributed by atoms with Crippen LogP contribution in [0.1, 0.15) is 35.5 Å². The molecule has 0 spiro atoms. The number of halogens is 1. The van der Waals surface area contributed by atoms with E-state index in [4.69, 9.17) is 20.8 Å². The van der Waals surface area contributed by atoms with E-state index in [0.29, 0.717) is 18.8 Å². The molecule has 9 heteroatoms. The van der Waals surface area contributed by atoms with Crippen LogP contribution in [0.15, 0.2) is 64.0 Å². The summed E-state index contributed by atoms with van der Waals surface area (Å²) in [4.78, 5) is 16.7. The highest BCUT2D eigenvalue weighted by molar-refractivity contribution is 7.89. The topological polar surface area (TPSA) is 89.7 Å². The zero-order valence-corrected chi connectivity index (χ0v) is 18.2. The molecular formula is C22H21ClN2O5S. The van der Waals surface area contributed by atoms with Gasteiger partial charge in [-0.2, -0.15) is 4.31 Å². The Hall–Kier alpha value is -2.68. The normalized spacial score (nSPS) is 15.0. The first-order valence-electron chi connectivity index (χ1n) is 9.92. The molecule has 3 aromatic rings. The molecule has 2 heterocycles. The summed E-state index contributed by atoms with van der Waals surface area (Å²) in [5.41, 5.74) is 0.834. The zero-order chi connectivity index (χ0) is 21.8. The second-order valence-corrected chi connectivity index (χ2v) is 9.51. The fraction of sp³-hybridized carbons (Fsp3) is 0.273. The van der Waals surface area contributed by atoms with Crippen molar-refractivity contribution in [3.05, 3.63) is 71.2 Å². The molecule has 7 nitrogen and oxygen atoms in total. The van der Waals surface area contributed by atoms with Gasteiger partial charge >= 0.3 is 5.97 Å². The number of sulfonamides is 1. The predicted octanol–water partition coefficient (Wildman–Crippen LogP) is 4.53. The van der Waals surface area contributed by atoms with Gasteiger partial charge in [0.15, 0.2) is 12.4 Å². The minimum atomic E-state index is -3.69. The van der Waals surface area contributed by atoms with Gasteiger partial charge in [0.05, 0.1) is 21.7 Å². The maximum atomic E-state index is 12.9.